The third kappa shape index (κ3) is 4.49. The van der Waals surface area contributed by atoms with E-state index >= 15 is 0 Å². The van der Waals surface area contributed by atoms with Gasteiger partial charge >= 0.3 is 0 Å². The Balaban J connectivity index is 3.22. The summed E-state index contributed by atoms with van der Waals surface area (Å²) in [6.07, 6.45) is 6.75. The van der Waals surface area contributed by atoms with Gasteiger partial charge in [-0.25, -0.2) is 4.39 Å². The van der Waals surface area contributed by atoms with Crippen molar-refractivity contribution in [2.45, 2.75) is 20.3 Å². The van der Waals surface area contributed by atoms with E-state index in [-0.39, 0.29) is 5.82 Å². The summed E-state index contributed by atoms with van der Waals surface area (Å²) in [7, 11) is 0. The first-order valence-electron chi connectivity index (χ1n) is 6.56. The van der Waals surface area contributed by atoms with Gasteiger partial charge in [-0.05, 0) is 54.6 Å². The quantitative estimate of drug-likeness (QED) is 0.756. The predicted molar refractivity (Wildman–Crippen MR) is 81.2 cm³/mol. The second-order valence-corrected chi connectivity index (χ2v) is 4.69. The van der Waals surface area contributed by atoms with E-state index in [2.05, 4.69) is 13.5 Å². The van der Waals surface area contributed by atoms with Gasteiger partial charge in [0.25, 0.3) is 0 Å². The first-order valence-corrected chi connectivity index (χ1v) is 6.56. The largest absolute Gasteiger partial charge is 0.330 e. The highest BCUT2D eigenvalue weighted by Crippen LogP contribution is 2.25. The van der Waals surface area contributed by atoms with Crippen LogP contribution in [0.2, 0.25) is 0 Å². The molecular weight excluding hydrogens is 237 g/mol. The molecule has 19 heavy (non-hydrogen) atoms. The standard InChI is InChI=1S/C17H22FN/c1-4-6-17(14(5-2)11-13(3)12-19)15-7-9-16(18)10-8-15/h4-10,13H,2,11-12,19H2,1,3H3/b6-4-,17-14-/t13-/m1/s1. The van der Waals surface area contributed by atoms with Crippen LogP contribution in [0.5, 0.6) is 0 Å². The van der Waals surface area contributed by atoms with Gasteiger partial charge in [-0.1, -0.05) is 43.9 Å². The number of hydrogen-bond donors (Lipinski definition) is 1. The maximum atomic E-state index is 13.0. The van der Waals surface area contributed by atoms with Crippen LogP contribution in [0.25, 0.3) is 5.57 Å². The lowest BCUT2D eigenvalue weighted by Gasteiger charge is -2.14. The van der Waals surface area contributed by atoms with Crippen molar-refractivity contribution in [3.63, 3.8) is 0 Å². The molecule has 0 heterocycles. The minimum Gasteiger partial charge on any atom is -0.330 e. The highest BCUT2D eigenvalue weighted by molar-refractivity contribution is 5.78. The van der Waals surface area contributed by atoms with E-state index in [1.54, 1.807) is 12.1 Å². The minimum absolute atomic E-state index is 0.223. The number of hydrogen-bond acceptors (Lipinski definition) is 1. The van der Waals surface area contributed by atoms with Crippen LogP contribution in [-0.2, 0) is 0 Å². The summed E-state index contributed by atoms with van der Waals surface area (Å²) >= 11 is 0. The summed E-state index contributed by atoms with van der Waals surface area (Å²) in [5, 5.41) is 0. The molecule has 0 fully saturated rings. The maximum absolute atomic E-state index is 13.0. The zero-order valence-corrected chi connectivity index (χ0v) is 11.7. The number of rotatable bonds is 6. The van der Waals surface area contributed by atoms with Crippen molar-refractivity contribution in [3.8, 4) is 0 Å². The first kappa shape index (κ1) is 15.4. The van der Waals surface area contributed by atoms with E-state index in [0.717, 1.165) is 23.1 Å². The second-order valence-electron chi connectivity index (χ2n) is 4.69. The van der Waals surface area contributed by atoms with Crippen LogP contribution >= 0.6 is 0 Å². The topological polar surface area (TPSA) is 26.0 Å². The van der Waals surface area contributed by atoms with Crippen molar-refractivity contribution in [1.82, 2.24) is 0 Å². The van der Waals surface area contributed by atoms with E-state index in [9.17, 15) is 4.39 Å². The predicted octanol–water partition coefficient (Wildman–Crippen LogP) is 4.33. The first-order chi connectivity index (χ1) is 9.12. The summed E-state index contributed by atoms with van der Waals surface area (Å²) in [6.45, 7) is 8.61. The fraction of sp³-hybridized carbons (Fsp3) is 0.294. The second kappa shape index (κ2) is 7.70. The molecule has 1 nitrogen and oxygen atoms in total. The molecule has 0 aliphatic carbocycles. The third-order valence-electron chi connectivity index (χ3n) is 3.05. The Bertz CT molecular complexity index is 469. The van der Waals surface area contributed by atoms with Gasteiger partial charge in [0.05, 0.1) is 0 Å². The molecule has 102 valence electrons. The molecule has 0 saturated heterocycles. The molecule has 0 spiro atoms. The summed E-state index contributed by atoms with van der Waals surface area (Å²) in [5.41, 5.74) is 8.90. The van der Waals surface area contributed by atoms with Crippen LogP contribution in [0.3, 0.4) is 0 Å². The molecule has 1 rings (SSSR count). The van der Waals surface area contributed by atoms with Crippen molar-refractivity contribution < 1.29 is 4.39 Å². The Labute approximate surface area is 115 Å². The Kier molecular flexibility index (Phi) is 6.23. The van der Waals surface area contributed by atoms with Gasteiger partial charge in [-0.3, -0.25) is 0 Å². The molecule has 2 N–H and O–H groups in total. The van der Waals surface area contributed by atoms with Gasteiger partial charge in [-0.15, -0.1) is 0 Å². The molecule has 0 saturated carbocycles. The highest BCUT2D eigenvalue weighted by Gasteiger charge is 2.08. The van der Waals surface area contributed by atoms with Gasteiger partial charge in [0.2, 0.25) is 0 Å². The van der Waals surface area contributed by atoms with Crippen LogP contribution in [0, 0.1) is 11.7 Å². The normalized spacial score (nSPS) is 14.3. The van der Waals surface area contributed by atoms with E-state index in [0.29, 0.717) is 12.5 Å². The fourth-order valence-electron chi connectivity index (χ4n) is 1.95. The molecule has 2 heteroatoms. The lowest BCUT2D eigenvalue weighted by atomic mass is 9.92. The van der Waals surface area contributed by atoms with E-state index in [1.807, 2.05) is 25.2 Å². The Hall–Kier alpha value is -1.67. The van der Waals surface area contributed by atoms with Crippen LogP contribution in [0.15, 0.2) is 54.6 Å². The molecule has 0 unspecified atom stereocenters. The fourth-order valence-corrected chi connectivity index (χ4v) is 1.95. The summed E-state index contributed by atoms with van der Waals surface area (Å²) in [6, 6.07) is 6.54. The molecule has 0 aromatic heterocycles. The van der Waals surface area contributed by atoms with Gasteiger partial charge in [0.15, 0.2) is 0 Å². The Morgan fingerprint density at radius 3 is 2.47 bits per heavy atom. The van der Waals surface area contributed by atoms with E-state index in [1.165, 1.54) is 12.1 Å². The van der Waals surface area contributed by atoms with E-state index in [4.69, 9.17) is 5.73 Å². The average Bonchev–Trinajstić information content (AvgIpc) is 2.43. The zero-order chi connectivity index (χ0) is 14.3. The Morgan fingerprint density at radius 1 is 1.37 bits per heavy atom. The van der Waals surface area contributed by atoms with Crippen molar-refractivity contribution in [2.75, 3.05) is 6.54 Å². The van der Waals surface area contributed by atoms with Crippen molar-refractivity contribution in [2.24, 2.45) is 11.7 Å². The number of allylic oxidation sites excluding steroid dienone is 5. The molecule has 0 bridgehead atoms. The monoisotopic (exact) mass is 259 g/mol. The lowest BCUT2D eigenvalue weighted by Crippen LogP contribution is -2.11. The van der Waals surface area contributed by atoms with E-state index < -0.39 is 0 Å². The van der Waals surface area contributed by atoms with Gasteiger partial charge < -0.3 is 5.73 Å². The minimum atomic E-state index is -0.223. The number of halogens is 1. The average molecular weight is 259 g/mol. The summed E-state index contributed by atoms with van der Waals surface area (Å²) in [4.78, 5) is 0. The van der Waals surface area contributed by atoms with Crippen LogP contribution in [0.4, 0.5) is 4.39 Å². The highest BCUT2D eigenvalue weighted by atomic mass is 19.1. The lowest BCUT2D eigenvalue weighted by molar-refractivity contribution is 0.596. The third-order valence-corrected chi connectivity index (χ3v) is 3.05. The molecule has 1 aromatic carbocycles. The van der Waals surface area contributed by atoms with Crippen LogP contribution in [-0.4, -0.2) is 6.54 Å². The van der Waals surface area contributed by atoms with Gasteiger partial charge in [0.1, 0.15) is 5.82 Å². The number of benzene rings is 1. The van der Waals surface area contributed by atoms with Crippen LogP contribution < -0.4 is 5.73 Å². The van der Waals surface area contributed by atoms with Crippen molar-refractivity contribution >= 4 is 5.57 Å². The molecule has 1 atom stereocenters. The summed E-state index contributed by atoms with van der Waals surface area (Å²) in [5.74, 6) is 0.174. The van der Waals surface area contributed by atoms with Gasteiger partial charge in [0, 0.05) is 0 Å². The molecule has 0 aliphatic rings. The van der Waals surface area contributed by atoms with Crippen molar-refractivity contribution in [3.05, 3.63) is 66.0 Å². The smallest absolute Gasteiger partial charge is 0.123 e. The number of nitrogens with two attached hydrogens (primary N) is 1. The molecule has 0 aliphatic heterocycles. The van der Waals surface area contributed by atoms with Gasteiger partial charge in [-0.2, -0.15) is 0 Å². The summed E-state index contributed by atoms with van der Waals surface area (Å²) < 4.78 is 13.0. The van der Waals surface area contributed by atoms with Crippen LogP contribution in [0.1, 0.15) is 25.8 Å². The molecule has 0 radical (unpaired) electrons. The maximum Gasteiger partial charge on any atom is 0.123 e. The zero-order valence-electron chi connectivity index (χ0n) is 11.7. The molecule has 0 amide bonds. The Morgan fingerprint density at radius 2 is 2.00 bits per heavy atom. The van der Waals surface area contributed by atoms with Crippen molar-refractivity contribution in [1.29, 1.82) is 0 Å². The SMILES string of the molecule is C=C/C(C[C@@H](C)CN)=C(\C=C/C)c1ccc(F)cc1. The molecule has 1 aromatic rings. The molecular formula is C17H22FN.